The highest BCUT2D eigenvalue weighted by Crippen LogP contribution is 2.37. The van der Waals surface area contributed by atoms with Crippen LogP contribution >= 0.6 is 0 Å². The molecule has 1 fully saturated rings. The van der Waals surface area contributed by atoms with Crippen molar-refractivity contribution in [2.75, 3.05) is 5.32 Å². The molecule has 3 atom stereocenters. The zero-order valence-corrected chi connectivity index (χ0v) is 15.5. The molecule has 1 aliphatic rings. The van der Waals surface area contributed by atoms with Crippen molar-refractivity contribution < 1.29 is 18.8 Å². The van der Waals surface area contributed by atoms with Crippen molar-refractivity contribution in [1.82, 2.24) is 14.9 Å². The quantitative estimate of drug-likeness (QED) is 0.870. The van der Waals surface area contributed by atoms with Gasteiger partial charge in [0.1, 0.15) is 17.7 Å². The van der Waals surface area contributed by atoms with Gasteiger partial charge in [0.05, 0.1) is 29.5 Å². The summed E-state index contributed by atoms with van der Waals surface area (Å²) < 4.78 is 20.5. The zero-order valence-electron chi connectivity index (χ0n) is 15.5. The molecule has 0 radical (unpaired) electrons. The number of nitrogens with one attached hydrogen (secondary N) is 1. The lowest BCUT2D eigenvalue weighted by atomic mass is 10.0. The maximum atomic E-state index is 13.7. The van der Waals surface area contributed by atoms with Gasteiger partial charge in [-0.15, -0.1) is 0 Å². The molecule has 0 spiro atoms. The first kappa shape index (κ1) is 18.6. The number of aliphatic hydroxyl groups is 1. The fraction of sp³-hybridized carbons (Fsp3) is 0.611. The Morgan fingerprint density at radius 3 is 2.69 bits per heavy atom. The standard InChI is InChI=1S/C18H25FN4O3/c1-10-5-12(26-22-10)8-17(25)20-16-9-14(21-23(16)18(2,3)4)11-6-13(19)15(24)7-11/h5,9,11,13,15,24H,6-8H2,1-4H3,(H,20,25)/t11-,13-,15-/m0/s1. The topological polar surface area (TPSA) is 93.2 Å². The molecule has 0 aliphatic heterocycles. The number of carbonyl (C=O) groups is 1. The highest BCUT2D eigenvalue weighted by molar-refractivity contribution is 5.91. The number of hydrogen-bond acceptors (Lipinski definition) is 5. The number of aromatic nitrogens is 3. The predicted octanol–water partition coefficient (Wildman–Crippen LogP) is 2.69. The van der Waals surface area contributed by atoms with Crippen LogP contribution in [0.15, 0.2) is 16.7 Å². The Morgan fingerprint density at radius 1 is 1.42 bits per heavy atom. The SMILES string of the molecule is Cc1cc(CC(=O)Nc2cc([C@@H]3C[C@H](O)[C@@H](F)C3)nn2C(C)(C)C)on1. The van der Waals surface area contributed by atoms with E-state index in [-0.39, 0.29) is 30.2 Å². The lowest BCUT2D eigenvalue weighted by molar-refractivity contribution is -0.115. The summed E-state index contributed by atoms with van der Waals surface area (Å²) in [7, 11) is 0. The number of alkyl halides is 1. The van der Waals surface area contributed by atoms with Crippen LogP contribution < -0.4 is 5.32 Å². The molecule has 2 aromatic heterocycles. The van der Waals surface area contributed by atoms with Gasteiger partial charge in [0, 0.05) is 18.1 Å². The Hall–Kier alpha value is -2.22. The van der Waals surface area contributed by atoms with E-state index in [9.17, 15) is 14.3 Å². The second-order valence-electron chi connectivity index (χ2n) is 7.95. The van der Waals surface area contributed by atoms with E-state index in [2.05, 4.69) is 15.6 Å². The van der Waals surface area contributed by atoms with Crippen LogP contribution in [0.5, 0.6) is 0 Å². The van der Waals surface area contributed by atoms with Gasteiger partial charge < -0.3 is 14.9 Å². The van der Waals surface area contributed by atoms with Crippen LogP contribution in [0.1, 0.15) is 56.7 Å². The van der Waals surface area contributed by atoms with Gasteiger partial charge in [0.25, 0.3) is 0 Å². The summed E-state index contributed by atoms with van der Waals surface area (Å²) in [6, 6.07) is 3.48. The number of carbonyl (C=O) groups excluding carboxylic acids is 1. The molecule has 26 heavy (non-hydrogen) atoms. The number of hydrogen-bond donors (Lipinski definition) is 2. The normalized spacial score (nSPS) is 23.4. The number of halogens is 1. The Kier molecular flexibility index (Phi) is 4.88. The molecule has 1 amide bonds. The first-order valence-corrected chi connectivity index (χ1v) is 8.78. The molecule has 2 aromatic rings. The van der Waals surface area contributed by atoms with Gasteiger partial charge in [0.2, 0.25) is 5.91 Å². The molecular weight excluding hydrogens is 339 g/mol. The minimum atomic E-state index is -1.23. The first-order valence-electron chi connectivity index (χ1n) is 8.78. The third-order valence-electron chi connectivity index (χ3n) is 4.51. The van der Waals surface area contributed by atoms with Crippen LogP contribution in [-0.2, 0) is 16.8 Å². The van der Waals surface area contributed by atoms with Crippen molar-refractivity contribution in [2.24, 2.45) is 0 Å². The van der Waals surface area contributed by atoms with E-state index in [1.807, 2.05) is 20.8 Å². The average Bonchev–Trinajstić information content (AvgIpc) is 3.19. The maximum Gasteiger partial charge on any atom is 0.233 e. The van der Waals surface area contributed by atoms with Gasteiger partial charge in [-0.05, 0) is 40.5 Å². The fourth-order valence-corrected chi connectivity index (χ4v) is 3.25. The van der Waals surface area contributed by atoms with Crippen molar-refractivity contribution in [2.45, 2.75) is 70.7 Å². The van der Waals surface area contributed by atoms with Crippen LogP contribution in [0.3, 0.4) is 0 Å². The number of aryl methyl sites for hydroxylation is 1. The summed E-state index contributed by atoms with van der Waals surface area (Å²) in [5.41, 5.74) is 1.04. The van der Waals surface area contributed by atoms with E-state index < -0.39 is 12.3 Å². The lowest BCUT2D eigenvalue weighted by Crippen LogP contribution is -2.27. The predicted molar refractivity (Wildman–Crippen MR) is 93.7 cm³/mol. The summed E-state index contributed by atoms with van der Waals surface area (Å²) in [6.07, 6.45) is -1.53. The summed E-state index contributed by atoms with van der Waals surface area (Å²) in [5, 5.41) is 20.9. The molecule has 0 unspecified atom stereocenters. The van der Waals surface area contributed by atoms with Gasteiger partial charge in [-0.3, -0.25) is 4.79 Å². The van der Waals surface area contributed by atoms with Crippen molar-refractivity contribution in [3.63, 3.8) is 0 Å². The van der Waals surface area contributed by atoms with Crippen LogP contribution in [0, 0.1) is 6.92 Å². The van der Waals surface area contributed by atoms with Gasteiger partial charge in [-0.1, -0.05) is 5.16 Å². The number of amides is 1. The first-order chi connectivity index (χ1) is 12.1. The molecule has 142 valence electrons. The molecule has 1 aliphatic carbocycles. The molecule has 8 heteroatoms. The minimum Gasteiger partial charge on any atom is -0.390 e. The second kappa shape index (κ2) is 6.83. The molecule has 7 nitrogen and oxygen atoms in total. The number of anilines is 1. The summed E-state index contributed by atoms with van der Waals surface area (Å²) in [6.45, 7) is 7.71. The summed E-state index contributed by atoms with van der Waals surface area (Å²) in [5.74, 6) is 0.635. The summed E-state index contributed by atoms with van der Waals surface area (Å²) >= 11 is 0. The molecule has 3 rings (SSSR count). The number of nitrogens with zero attached hydrogens (tertiary/aromatic N) is 3. The van der Waals surface area contributed by atoms with Crippen LogP contribution in [0.4, 0.5) is 10.2 Å². The van der Waals surface area contributed by atoms with Gasteiger partial charge in [-0.25, -0.2) is 9.07 Å². The Bertz CT molecular complexity index is 783. The Morgan fingerprint density at radius 2 is 2.15 bits per heavy atom. The molecular formula is C18H25FN4O3. The molecule has 0 bridgehead atoms. The van der Waals surface area contributed by atoms with E-state index in [0.717, 1.165) is 5.69 Å². The summed E-state index contributed by atoms with van der Waals surface area (Å²) in [4.78, 5) is 12.4. The van der Waals surface area contributed by atoms with Gasteiger partial charge in [-0.2, -0.15) is 5.10 Å². The smallest absolute Gasteiger partial charge is 0.233 e. The Labute approximate surface area is 151 Å². The van der Waals surface area contributed by atoms with Crippen LogP contribution in [-0.4, -0.2) is 38.2 Å². The van der Waals surface area contributed by atoms with E-state index in [4.69, 9.17) is 4.52 Å². The third-order valence-corrected chi connectivity index (χ3v) is 4.51. The van der Waals surface area contributed by atoms with Crippen LogP contribution in [0.25, 0.3) is 0 Å². The van der Waals surface area contributed by atoms with E-state index in [1.165, 1.54) is 0 Å². The minimum absolute atomic E-state index is 0.0696. The second-order valence-corrected chi connectivity index (χ2v) is 7.95. The monoisotopic (exact) mass is 364 g/mol. The lowest BCUT2D eigenvalue weighted by Gasteiger charge is -2.22. The van der Waals surface area contributed by atoms with E-state index >= 15 is 0 Å². The number of aliphatic hydroxyl groups excluding tert-OH is 1. The maximum absolute atomic E-state index is 13.7. The van der Waals surface area contributed by atoms with E-state index in [1.54, 1.807) is 23.7 Å². The van der Waals surface area contributed by atoms with Crippen molar-refractivity contribution >= 4 is 11.7 Å². The van der Waals surface area contributed by atoms with Crippen molar-refractivity contribution in [3.05, 3.63) is 29.3 Å². The van der Waals surface area contributed by atoms with Crippen LogP contribution in [0.2, 0.25) is 0 Å². The zero-order chi connectivity index (χ0) is 19.1. The third kappa shape index (κ3) is 3.95. The highest BCUT2D eigenvalue weighted by atomic mass is 19.1. The molecule has 0 saturated heterocycles. The molecule has 1 saturated carbocycles. The van der Waals surface area contributed by atoms with Gasteiger partial charge >= 0.3 is 0 Å². The van der Waals surface area contributed by atoms with E-state index in [0.29, 0.717) is 23.7 Å². The highest BCUT2D eigenvalue weighted by Gasteiger charge is 2.36. The Balaban J connectivity index is 1.80. The van der Waals surface area contributed by atoms with Gasteiger partial charge in [0.15, 0.2) is 0 Å². The van der Waals surface area contributed by atoms with Crippen molar-refractivity contribution in [1.29, 1.82) is 0 Å². The number of rotatable bonds is 4. The molecule has 2 N–H and O–H groups in total. The van der Waals surface area contributed by atoms with Crippen molar-refractivity contribution in [3.8, 4) is 0 Å². The molecule has 0 aromatic carbocycles. The fourth-order valence-electron chi connectivity index (χ4n) is 3.25. The largest absolute Gasteiger partial charge is 0.390 e. The average molecular weight is 364 g/mol. The molecule has 2 heterocycles.